The summed E-state index contributed by atoms with van der Waals surface area (Å²) >= 11 is 9.12. The highest BCUT2D eigenvalue weighted by Crippen LogP contribution is 2.28. The third-order valence-electron chi connectivity index (χ3n) is 2.65. The van der Waals surface area contributed by atoms with Gasteiger partial charge in [-0.05, 0) is 58.4 Å². The molecule has 2 rings (SSSR count). The Balaban J connectivity index is 1.88. The largest absolute Gasteiger partial charge is 0.481 e. The van der Waals surface area contributed by atoms with E-state index in [9.17, 15) is 9.59 Å². The number of nitrogens with one attached hydrogen (secondary N) is 1. The van der Waals surface area contributed by atoms with Crippen molar-refractivity contribution in [1.29, 1.82) is 0 Å². The average Bonchev–Trinajstić information content (AvgIpc) is 2.48. The number of amides is 1. The van der Waals surface area contributed by atoms with E-state index in [2.05, 4.69) is 21.2 Å². The maximum atomic E-state index is 11.8. The van der Waals surface area contributed by atoms with Crippen LogP contribution in [0.2, 0.25) is 5.02 Å². The van der Waals surface area contributed by atoms with Crippen LogP contribution in [0.1, 0.15) is 6.92 Å². The zero-order valence-electron chi connectivity index (χ0n) is 12.1. The van der Waals surface area contributed by atoms with E-state index in [1.54, 1.807) is 42.5 Å². The van der Waals surface area contributed by atoms with Crippen molar-refractivity contribution in [2.45, 2.75) is 6.92 Å². The van der Waals surface area contributed by atoms with Crippen molar-refractivity contribution >= 4 is 45.1 Å². The molecule has 0 atom stereocenters. The summed E-state index contributed by atoms with van der Waals surface area (Å²) < 4.78 is 11.2. The van der Waals surface area contributed by atoms with Gasteiger partial charge in [-0.3, -0.25) is 4.79 Å². The molecule has 0 saturated carbocycles. The van der Waals surface area contributed by atoms with Gasteiger partial charge in [-0.15, -0.1) is 0 Å². The van der Waals surface area contributed by atoms with E-state index in [4.69, 9.17) is 21.1 Å². The first-order chi connectivity index (χ1) is 10.9. The summed E-state index contributed by atoms with van der Waals surface area (Å²) in [6, 6.07) is 11.4. The number of hydrogen-bond donors (Lipinski definition) is 1. The van der Waals surface area contributed by atoms with E-state index in [1.807, 2.05) is 0 Å². The first-order valence-electron chi connectivity index (χ1n) is 6.60. The zero-order chi connectivity index (χ0) is 16.8. The van der Waals surface area contributed by atoms with Gasteiger partial charge in [-0.2, -0.15) is 0 Å². The molecule has 7 heteroatoms. The third-order valence-corrected chi connectivity index (χ3v) is 3.50. The molecule has 1 amide bonds. The van der Waals surface area contributed by atoms with E-state index in [0.717, 1.165) is 0 Å². The molecule has 1 N–H and O–H groups in total. The Morgan fingerprint density at radius 1 is 1.17 bits per heavy atom. The van der Waals surface area contributed by atoms with Crippen LogP contribution in [0, 0.1) is 0 Å². The lowest BCUT2D eigenvalue weighted by atomic mass is 10.3. The van der Waals surface area contributed by atoms with Crippen LogP contribution in [0.15, 0.2) is 46.9 Å². The molecular formula is C16H13BrClNO4. The quantitative estimate of drug-likeness (QED) is 0.610. The summed E-state index contributed by atoms with van der Waals surface area (Å²) in [7, 11) is 0. The number of halogens is 2. The molecule has 0 radical (unpaired) electrons. The molecule has 0 aliphatic heterocycles. The number of ether oxygens (including phenoxy) is 2. The van der Waals surface area contributed by atoms with Crippen LogP contribution in [0.5, 0.6) is 11.5 Å². The second kappa shape index (κ2) is 7.99. The van der Waals surface area contributed by atoms with Gasteiger partial charge in [0.2, 0.25) is 5.91 Å². The van der Waals surface area contributed by atoms with Gasteiger partial charge in [0.25, 0.3) is 0 Å². The van der Waals surface area contributed by atoms with Crippen molar-refractivity contribution in [3.63, 3.8) is 0 Å². The Morgan fingerprint density at radius 2 is 1.87 bits per heavy atom. The van der Waals surface area contributed by atoms with Gasteiger partial charge in [0, 0.05) is 17.6 Å². The van der Waals surface area contributed by atoms with Gasteiger partial charge in [-0.25, -0.2) is 4.79 Å². The fourth-order valence-electron chi connectivity index (χ4n) is 1.70. The predicted octanol–water partition coefficient (Wildman–Crippen LogP) is 4.05. The average molecular weight is 399 g/mol. The number of benzene rings is 2. The highest BCUT2D eigenvalue weighted by Gasteiger charge is 2.09. The molecule has 5 nitrogen and oxygen atoms in total. The zero-order valence-corrected chi connectivity index (χ0v) is 14.5. The molecule has 0 fully saturated rings. The topological polar surface area (TPSA) is 64.6 Å². The van der Waals surface area contributed by atoms with Gasteiger partial charge in [0.05, 0.1) is 4.47 Å². The molecule has 120 valence electrons. The van der Waals surface area contributed by atoms with Gasteiger partial charge in [0.15, 0.2) is 6.61 Å². The number of anilines is 1. The van der Waals surface area contributed by atoms with Crippen molar-refractivity contribution in [1.82, 2.24) is 0 Å². The van der Waals surface area contributed by atoms with Crippen LogP contribution in [-0.4, -0.2) is 18.5 Å². The Bertz CT molecular complexity index is 719. The molecule has 0 spiro atoms. The van der Waals surface area contributed by atoms with Crippen molar-refractivity contribution in [2.75, 3.05) is 11.9 Å². The monoisotopic (exact) mass is 397 g/mol. The molecule has 0 aromatic heterocycles. The maximum absolute atomic E-state index is 11.8. The van der Waals surface area contributed by atoms with Crippen LogP contribution >= 0.6 is 27.5 Å². The highest BCUT2D eigenvalue weighted by molar-refractivity contribution is 9.10. The number of esters is 1. The van der Waals surface area contributed by atoms with Gasteiger partial charge in [-0.1, -0.05) is 11.6 Å². The van der Waals surface area contributed by atoms with E-state index >= 15 is 0 Å². The molecule has 2 aromatic carbocycles. The standard InChI is InChI=1S/C16H13BrClNO4/c1-10(20)19-12-3-5-13(6-4-12)23-16(21)9-22-15-7-2-11(18)8-14(15)17/h2-8H,9H2,1H3,(H,19,20). The summed E-state index contributed by atoms with van der Waals surface area (Å²) in [6.45, 7) is 1.17. The van der Waals surface area contributed by atoms with Gasteiger partial charge >= 0.3 is 5.97 Å². The number of carbonyl (C=O) groups excluding carboxylic acids is 2. The SMILES string of the molecule is CC(=O)Nc1ccc(OC(=O)COc2ccc(Cl)cc2Br)cc1. The van der Waals surface area contributed by atoms with Crippen molar-refractivity contribution in [3.8, 4) is 11.5 Å². The minimum Gasteiger partial charge on any atom is -0.481 e. The van der Waals surface area contributed by atoms with Gasteiger partial charge < -0.3 is 14.8 Å². The molecule has 0 saturated heterocycles. The summed E-state index contributed by atoms with van der Waals surface area (Å²) in [5.41, 5.74) is 0.624. The van der Waals surface area contributed by atoms with E-state index in [-0.39, 0.29) is 12.5 Å². The van der Waals surface area contributed by atoms with Crippen LogP contribution in [0.4, 0.5) is 5.69 Å². The minimum absolute atomic E-state index is 0.170. The number of hydrogen-bond acceptors (Lipinski definition) is 4. The molecule has 2 aromatic rings. The third kappa shape index (κ3) is 5.58. The second-order valence-electron chi connectivity index (χ2n) is 4.54. The molecule has 0 heterocycles. The van der Waals surface area contributed by atoms with E-state index < -0.39 is 5.97 Å². The normalized spacial score (nSPS) is 10.0. The van der Waals surface area contributed by atoms with Gasteiger partial charge in [0.1, 0.15) is 11.5 Å². The van der Waals surface area contributed by atoms with Crippen molar-refractivity contribution in [3.05, 3.63) is 52.0 Å². The fourth-order valence-corrected chi connectivity index (χ4v) is 2.50. The Morgan fingerprint density at radius 3 is 2.48 bits per heavy atom. The smallest absolute Gasteiger partial charge is 0.349 e. The Labute approximate surface area is 146 Å². The lowest BCUT2D eigenvalue weighted by molar-refractivity contribution is -0.136. The predicted molar refractivity (Wildman–Crippen MR) is 91.0 cm³/mol. The van der Waals surface area contributed by atoms with Crippen LogP contribution in [-0.2, 0) is 9.59 Å². The molecule has 0 unspecified atom stereocenters. The first kappa shape index (κ1) is 17.3. The van der Waals surface area contributed by atoms with Crippen LogP contribution < -0.4 is 14.8 Å². The maximum Gasteiger partial charge on any atom is 0.349 e. The minimum atomic E-state index is -0.542. The Kier molecular flexibility index (Phi) is 6.01. The second-order valence-corrected chi connectivity index (χ2v) is 5.83. The molecule has 0 bridgehead atoms. The number of carbonyl (C=O) groups is 2. The molecule has 0 aliphatic rings. The molecule has 23 heavy (non-hydrogen) atoms. The summed E-state index contributed by atoms with van der Waals surface area (Å²) in [5, 5.41) is 3.18. The van der Waals surface area contributed by atoms with Crippen molar-refractivity contribution < 1.29 is 19.1 Å². The van der Waals surface area contributed by atoms with Crippen LogP contribution in [0.3, 0.4) is 0 Å². The summed E-state index contributed by atoms with van der Waals surface area (Å²) in [5.74, 6) is 0.144. The summed E-state index contributed by atoms with van der Waals surface area (Å²) in [6.07, 6.45) is 0. The van der Waals surface area contributed by atoms with E-state index in [0.29, 0.717) is 26.7 Å². The first-order valence-corrected chi connectivity index (χ1v) is 7.77. The Hall–Kier alpha value is -2.05. The molecular weight excluding hydrogens is 386 g/mol. The highest BCUT2D eigenvalue weighted by atomic mass is 79.9. The van der Waals surface area contributed by atoms with Crippen LogP contribution in [0.25, 0.3) is 0 Å². The molecule has 0 aliphatic carbocycles. The lowest BCUT2D eigenvalue weighted by Crippen LogP contribution is -2.17. The number of rotatable bonds is 5. The summed E-state index contributed by atoms with van der Waals surface area (Å²) in [4.78, 5) is 22.7. The lowest BCUT2D eigenvalue weighted by Gasteiger charge is -2.09. The van der Waals surface area contributed by atoms with Crippen molar-refractivity contribution in [2.24, 2.45) is 0 Å². The fraction of sp³-hybridized carbons (Fsp3) is 0.125. The van der Waals surface area contributed by atoms with E-state index in [1.165, 1.54) is 6.92 Å².